The van der Waals surface area contributed by atoms with Crippen molar-refractivity contribution in [1.82, 2.24) is 0 Å². The number of allylic oxidation sites excluding steroid dienone is 2. The summed E-state index contributed by atoms with van der Waals surface area (Å²) in [5, 5.41) is 0. The van der Waals surface area contributed by atoms with Crippen LogP contribution in [0.25, 0.3) is 0 Å². The number of fused-ring (bicyclic) bond motifs is 4. The molecule has 0 aromatic rings. The molecule has 0 saturated heterocycles. The number of rotatable bonds is 8. The zero-order chi connectivity index (χ0) is 22.2. The molecule has 31 heavy (non-hydrogen) atoms. The van der Waals surface area contributed by atoms with E-state index in [-0.39, 0.29) is 17.3 Å². The van der Waals surface area contributed by atoms with Crippen LogP contribution in [0.1, 0.15) is 105 Å². The van der Waals surface area contributed by atoms with Crippen LogP contribution in [0, 0.1) is 40.4 Å². The summed E-state index contributed by atoms with van der Waals surface area (Å²) in [6.45, 7) is 13.5. The summed E-state index contributed by atoms with van der Waals surface area (Å²) in [5.74, 6) is 3.96. The molecule has 3 aliphatic carbocycles. The molecule has 2 saturated carbocycles. The van der Waals surface area contributed by atoms with Crippen LogP contribution in [0.4, 0.5) is 0 Å². The van der Waals surface area contributed by atoms with Gasteiger partial charge in [-0.1, -0.05) is 53.4 Å². The monoisotopic (exact) mass is 430 g/mol. The fourth-order valence-electron chi connectivity index (χ4n) is 8.06. The minimum absolute atomic E-state index is 0.0741. The Balaban J connectivity index is 1.45. The van der Waals surface area contributed by atoms with Crippen molar-refractivity contribution < 1.29 is 14.3 Å². The van der Waals surface area contributed by atoms with E-state index in [2.05, 4.69) is 34.6 Å². The fourth-order valence-corrected chi connectivity index (χ4v) is 8.06. The van der Waals surface area contributed by atoms with Crippen LogP contribution in [-0.4, -0.2) is 19.2 Å². The molecule has 3 heteroatoms. The minimum Gasteiger partial charge on any atom is -0.431 e. The van der Waals surface area contributed by atoms with E-state index in [1.165, 1.54) is 63.4 Å². The van der Waals surface area contributed by atoms with Crippen LogP contribution in [0.15, 0.2) is 11.3 Å². The topological polar surface area (TPSA) is 35.5 Å². The van der Waals surface area contributed by atoms with Crippen molar-refractivity contribution in [3.8, 4) is 0 Å². The summed E-state index contributed by atoms with van der Waals surface area (Å²) in [6, 6.07) is 0. The molecule has 4 rings (SSSR count). The van der Waals surface area contributed by atoms with Crippen LogP contribution >= 0.6 is 0 Å². The molecule has 4 aliphatic rings. The van der Waals surface area contributed by atoms with Gasteiger partial charge in [0.15, 0.2) is 0 Å². The average Bonchev–Trinajstić information content (AvgIpc) is 3.09. The number of esters is 1. The number of carbonyl (C=O) groups is 1. The number of hydrogen-bond donors (Lipinski definition) is 0. The summed E-state index contributed by atoms with van der Waals surface area (Å²) in [5.41, 5.74) is 1.91. The lowest BCUT2D eigenvalue weighted by Crippen LogP contribution is -2.48. The van der Waals surface area contributed by atoms with Gasteiger partial charge >= 0.3 is 5.97 Å². The molecule has 176 valence electrons. The lowest BCUT2D eigenvalue weighted by Gasteiger charge is -2.52. The first-order chi connectivity index (χ1) is 14.8. The average molecular weight is 431 g/mol. The van der Waals surface area contributed by atoms with E-state index in [9.17, 15) is 4.79 Å². The highest BCUT2D eigenvalue weighted by Crippen LogP contribution is 2.64. The standard InChI is InChI=1S/C28H46O3/c1-6-30-18-19(2)10-9-11-20(3)21-13-14-22-25-23(15-17-28(21,22)5)27(4)16-8-7-12-24(27)26(29)31-25/h19-22,24H,6-18H2,1-5H3/t19?,20-,21-,22+,24?,27-,28-/m1/s1. The molecule has 2 unspecified atom stereocenters. The zero-order valence-electron chi connectivity index (χ0n) is 20.8. The van der Waals surface area contributed by atoms with Crippen molar-refractivity contribution in [3.63, 3.8) is 0 Å². The van der Waals surface area contributed by atoms with Gasteiger partial charge in [-0.2, -0.15) is 0 Å². The summed E-state index contributed by atoms with van der Waals surface area (Å²) in [6.07, 6.45) is 13.5. The Hall–Kier alpha value is -0.830. The lowest BCUT2D eigenvalue weighted by molar-refractivity contribution is -0.156. The van der Waals surface area contributed by atoms with Crippen molar-refractivity contribution >= 4 is 5.97 Å². The molecule has 7 atom stereocenters. The van der Waals surface area contributed by atoms with Crippen molar-refractivity contribution in [2.24, 2.45) is 40.4 Å². The van der Waals surface area contributed by atoms with Crippen LogP contribution < -0.4 is 0 Å². The molecule has 0 bridgehead atoms. The largest absolute Gasteiger partial charge is 0.431 e. The van der Waals surface area contributed by atoms with Crippen molar-refractivity contribution in [3.05, 3.63) is 11.3 Å². The van der Waals surface area contributed by atoms with Gasteiger partial charge in [0.2, 0.25) is 0 Å². The lowest BCUT2D eigenvalue weighted by atomic mass is 9.55. The van der Waals surface area contributed by atoms with E-state index in [0.717, 1.165) is 43.7 Å². The molecule has 0 spiro atoms. The maximum atomic E-state index is 13.0. The van der Waals surface area contributed by atoms with Gasteiger partial charge in [0.05, 0.1) is 5.92 Å². The summed E-state index contributed by atoms with van der Waals surface area (Å²) < 4.78 is 11.8. The second-order valence-corrected chi connectivity index (χ2v) is 11.9. The van der Waals surface area contributed by atoms with E-state index in [4.69, 9.17) is 9.47 Å². The zero-order valence-corrected chi connectivity index (χ0v) is 20.8. The molecular formula is C28H46O3. The predicted octanol–water partition coefficient (Wildman–Crippen LogP) is 7.30. The number of carbonyl (C=O) groups excluding carboxylic acids is 1. The number of ether oxygens (including phenoxy) is 2. The van der Waals surface area contributed by atoms with E-state index >= 15 is 0 Å². The smallest absolute Gasteiger partial charge is 0.314 e. The molecule has 0 aromatic carbocycles. The first-order valence-electron chi connectivity index (χ1n) is 13.3. The van der Waals surface area contributed by atoms with Crippen molar-refractivity contribution in [2.45, 2.75) is 105 Å². The van der Waals surface area contributed by atoms with Gasteiger partial charge < -0.3 is 9.47 Å². The van der Waals surface area contributed by atoms with Gasteiger partial charge in [-0.05, 0) is 80.6 Å². The number of hydrogen-bond acceptors (Lipinski definition) is 3. The van der Waals surface area contributed by atoms with E-state index in [1.54, 1.807) is 0 Å². The second kappa shape index (κ2) is 9.20. The van der Waals surface area contributed by atoms with Crippen LogP contribution in [0.5, 0.6) is 0 Å². The third kappa shape index (κ3) is 4.13. The second-order valence-electron chi connectivity index (χ2n) is 11.9. The Bertz CT molecular complexity index is 696. The Morgan fingerprint density at radius 2 is 1.87 bits per heavy atom. The molecule has 3 nitrogen and oxygen atoms in total. The molecule has 0 N–H and O–H groups in total. The first kappa shape index (κ1) is 23.3. The van der Waals surface area contributed by atoms with Crippen LogP contribution in [0.3, 0.4) is 0 Å². The van der Waals surface area contributed by atoms with Gasteiger partial charge in [0.1, 0.15) is 5.76 Å². The van der Waals surface area contributed by atoms with Gasteiger partial charge in [-0.25, -0.2) is 0 Å². The maximum Gasteiger partial charge on any atom is 0.314 e. The van der Waals surface area contributed by atoms with Crippen LogP contribution in [0.2, 0.25) is 0 Å². The third-order valence-electron chi connectivity index (χ3n) is 9.98. The molecule has 1 aliphatic heterocycles. The fraction of sp³-hybridized carbons (Fsp3) is 0.893. The molecule has 0 aromatic heterocycles. The quantitative estimate of drug-likeness (QED) is 0.379. The van der Waals surface area contributed by atoms with Crippen LogP contribution in [-0.2, 0) is 14.3 Å². The highest BCUT2D eigenvalue weighted by atomic mass is 16.5. The highest BCUT2D eigenvalue weighted by Gasteiger charge is 2.58. The Morgan fingerprint density at radius 1 is 1.06 bits per heavy atom. The molecule has 2 fully saturated rings. The van der Waals surface area contributed by atoms with E-state index < -0.39 is 0 Å². The van der Waals surface area contributed by atoms with E-state index in [1.807, 2.05) is 0 Å². The minimum atomic E-state index is 0.0741. The Labute approximate surface area is 190 Å². The van der Waals surface area contributed by atoms with Crippen molar-refractivity contribution in [1.29, 1.82) is 0 Å². The van der Waals surface area contributed by atoms with Crippen molar-refractivity contribution in [2.75, 3.05) is 13.2 Å². The Morgan fingerprint density at radius 3 is 2.65 bits per heavy atom. The summed E-state index contributed by atoms with van der Waals surface area (Å²) in [7, 11) is 0. The van der Waals surface area contributed by atoms with Gasteiger partial charge in [-0.3, -0.25) is 4.79 Å². The maximum absolute atomic E-state index is 13.0. The normalized spacial score (nSPS) is 39.4. The molecule has 0 amide bonds. The Kier molecular flexibility index (Phi) is 6.92. The SMILES string of the molecule is CCOCC(C)CCC[C@@H](C)[C@H]1CC[C@H]2C3=C(CC[C@]12C)[C@@]1(C)CCCCC1C(=O)O3. The van der Waals surface area contributed by atoms with Gasteiger partial charge in [-0.15, -0.1) is 0 Å². The van der Waals surface area contributed by atoms with E-state index in [0.29, 0.717) is 17.3 Å². The molecule has 0 radical (unpaired) electrons. The van der Waals surface area contributed by atoms with Gasteiger partial charge in [0, 0.05) is 24.5 Å². The first-order valence-corrected chi connectivity index (χ1v) is 13.3. The highest BCUT2D eigenvalue weighted by molar-refractivity contribution is 5.77. The molecule has 1 heterocycles. The predicted molar refractivity (Wildman–Crippen MR) is 125 cm³/mol. The molecular weight excluding hydrogens is 384 g/mol. The summed E-state index contributed by atoms with van der Waals surface area (Å²) in [4.78, 5) is 13.0. The summed E-state index contributed by atoms with van der Waals surface area (Å²) >= 11 is 0. The third-order valence-corrected chi connectivity index (χ3v) is 9.98. The van der Waals surface area contributed by atoms with Gasteiger partial charge in [0.25, 0.3) is 0 Å².